The predicted octanol–water partition coefficient (Wildman–Crippen LogP) is 12.8. The van der Waals surface area contributed by atoms with E-state index in [4.69, 9.17) is 0 Å². The van der Waals surface area contributed by atoms with Gasteiger partial charge in [0.25, 0.3) is 0 Å². The van der Waals surface area contributed by atoms with Crippen molar-refractivity contribution in [1.82, 2.24) is 14.9 Å². The fourth-order valence-electron chi connectivity index (χ4n) is 10.3. The summed E-state index contributed by atoms with van der Waals surface area (Å²) in [5.74, 6) is 1.12. The van der Waals surface area contributed by atoms with E-state index in [9.17, 15) is 0 Å². The Bertz CT molecular complexity index is 2690. The molecular formula is C52H46N4. The average Bonchev–Trinajstić information content (AvgIpc) is 3.79. The summed E-state index contributed by atoms with van der Waals surface area (Å²) in [6, 6.07) is 55.2. The molecule has 2 atom stereocenters. The van der Waals surface area contributed by atoms with Crippen molar-refractivity contribution in [3.63, 3.8) is 0 Å². The number of piperidine rings is 1. The fraction of sp³-hybridized carbons (Fsp3) is 0.212. The molecule has 8 aromatic rings. The Morgan fingerprint density at radius 2 is 1.20 bits per heavy atom. The molecule has 2 unspecified atom stereocenters. The number of anilines is 2. The van der Waals surface area contributed by atoms with Gasteiger partial charge in [-0.3, -0.25) is 4.98 Å². The summed E-state index contributed by atoms with van der Waals surface area (Å²) in [6.45, 7) is 2.18. The Balaban J connectivity index is 0.996. The minimum Gasteiger partial charge on any atom is -0.337 e. The molecule has 11 rings (SSSR count). The van der Waals surface area contributed by atoms with E-state index in [0.29, 0.717) is 17.9 Å². The molecule has 4 nitrogen and oxygen atoms in total. The van der Waals surface area contributed by atoms with Gasteiger partial charge in [0.15, 0.2) is 0 Å². The minimum atomic E-state index is 0.483. The maximum atomic E-state index is 4.34. The minimum absolute atomic E-state index is 0.483. The fourth-order valence-corrected chi connectivity index (χ4v) is 10.3. The molecule has 6 aromatic carbocycles. The number of benzene rings is 6. The van der Waals surface area contributed by atoms with E-state index in [-0.39, 0.29) is 0 Å². The van der Waals surface area contributed by atoms with Gasteiger partial charge in [0.1, 0.15) is 0 Å². The van der Waals surface area contributed by atoms with E-state index in [0.717, 1.165) is 13.1 Å². The average molecular weight is 727 g/mol. The van der Waals surface area contributed by atoms with Crippen LogP contribution in [0.15, 0.2) is 158 Å². The lowest BCUT2D eigenvalue weighted by atomic mass is 9.81. The van der Waals surface area contributed by atoms with Crippen LogP contribution in [0.2, 0.25) is 0 Å². The van der Waals surface area contributed by atoms with Crippen LogP contribution in [0.25, 0.3) is 60.9 Å². The van der Waals surface area contributed by atoms with Crippen LogP contribution in [-0.2, 0) is 0 Å². The number of rotatable bonds is 6. The second-order valence-electron chi connectivity index (χ2n) is 16.2. The first-order chi connectivity index (χ1) is 27.8. The molecular weight excluding hydrogens is 681 g/mol. The molecule has 3 aliphatic rings. The van der Waals surface area contributed by atoms with Crippen LogP contribution in [0, 0.1) is 0 Å². The first-order valence-electron chi connectivity index (χ1n) is 20.7. The van der Waals surface area contributed by atoms with Gasteiger partial charge < -0.3 is 14.8 Å². The summed E-state index contributed by atoms with van der Waals surface area (Å²) in [4.78, 5) is 7.07. The summed E-state index contributed by atoms with van der Waals surface area (Å²) in [5.41, 5.74) is 17.0. The Labute approximate surface area is 329 Å². The Hall–Kier alpha value is -5.97. The van der Waals surface area contributed by atoms with Crippen molar-refractivity contribution in [2.75, 3.05) is 18.0 Å². The van der Waals surface area contributed by atoms with Crippen molar-refractivity contribution in [3.8, 4) is 39.1 Å². The number of aromatic nitrogens is 2. The van der Waals surface area contributed by atoms with Crippen LogP contribution in [0.1, 0.15) is 61.5 Å². The molecule has 0 bridgehead atoms. The van der Waals surface area contributed by atoms with Crippen molar-refractivity contribution in [1.29, 1.82) is 0 Å². The van der Waals surface area contributed by atoms with Gasteiger partial charge in [0.2, 0.25) is 0 Å². The van der Waals surface area contributed by atoms with E-state index in [1.807, 2.05) is 12.4 Å². The lowest BCUT2D eigenvalue weighted by Crippen LogP contribution is -2.32. The highest BCUT2D eigenvalue weighted by Crippen LogP contribution is 2.53. The Kier molecular flexibility index (Phi) is 8.32. The molecule has 1 N–H and O–H groups in total. The monoisotopic (exact) mass is 726 g/mol. The zero-order valence-corrected chi connectivity index (χ0v) is 31.7. The normalized spacial score (nSPS) is 18.3. The number of hydrogen-bond donors (Lipinski definition) is 1. The van der Waals surface area contributed by atoms with Crippen LogP contribution in [0.3, 0.4) is 0 Å². The van der Waals surface area contributed by atoms with Gasteiger partial charge in [0, 0.05) is 52.2 Å². The van der Waals surface area contributed by atoms with Gasteiger partial charge in [-0.25, -0.2) is 0 Å². The molecule has 4 heterocycles. The lowest BCUT2D eigenvalue weighted by Gasteiger charge is -2.34. The third-order valence-electron chi connectivity index (χ3n) is 13.0. The second kappa shape index (κ2) is 14.0. The largest absolute Gasteiger partial charge is 0.337 e. The topological polar surface area (TPSA) is 33.1 Å². The SMILES string of the molecule is c1ccc(-c2ccc(-n3c4ccccc4c4cc(-c5ccc6c(c5)C5CCCCC5N6c5cc(-c6ccncc6)cc(C6CCNCC6)c5)ccc43)cc2)cc1. The summed E-state index contributed by atoms with van der Waals surface area (Å²) in [5, 5.41) is 6.16. The predicted molar refractivity (Wildman–Crippen MR) is 233 cm³/mol. The highest BCUT2D eigenvalue weighted by atomic mass is 15.2. The van der Waals surface area contributed by atoms with E-state index in [1.54, 1.807) is 0 Å². The molecule has 56 heavy (non-hydrogen) atoms. The van der Waals surface area contributed by atoms with Crippen LogP contribution in [0.4, 0.5) is 11.4 Å². The third-order valence-corrected chi connectivity index (χ3v) is 13.0. The van der Waals surface area contributed by atoms with Crippen LogP contribution >= 0.6 is 0 Å². The van der Waals surface area contributed by atoms with Crippen molar-refractivity contribution < 1.29 is 0 Å². The first-order valence-corrected chi connectivity index (χ1v) is 20.7. The molecule has 4 heteroatoms. The van der Waals surface area contributed by atoms with Gasteiger partial charge in [-0.1, -0.05) is 91.7 Å². The zero-order valence-electron chi connectivity index (χ0n) is 31.7. The van der Waals surface area contributed by atoms with Crippen molar-refractivity contribution >= 4 is 33.2 Å². The van der Waals surface area contributed by atoms with E-state index >= 15 is 0 Å². The van der Waals surface area contributed by atoms with E-state index in [1.165, 1.54) is 122 Å². The number of nitrogens with zero attached hydrogens (tertiary/aromatic N) is 3. The summed E-state index contributed by atoms with van der Waals surface area (Å²) < 4.78 is 2.43. The van der Waals surface area contributed by atoms with Crippen molar-refractivity contribution in [2.45, 2.75) is 56.4 Å². The van der Waals surface area contributed by atoms with E-state index in [2.05, 4.69) is 165 Å². The first kappa shape index (κ1) is 33.4. The molecule has 2 aromatic heterocycles. The van der Waals surface area contributed by atoms with Gasteiger partial charge in [-0.2, -0.15) is 0 Å². The van der Waals surface area contributed by atoms with Gasteiger partial charge >= 0.3 is 0 Å². The van der Waals surface area contributed by atoms with Gasteiger partial charge in [-0.15, -0.1) is 0 Å². The van der Waals surface area contributed by atoms with Crippen LogP contribution < -0.4 is 10.2 Å². The lowest BCUT2D eigenvalue weighted by molar-refractivity contribution is 0.402. The number of fused-ring (bicyclic) bond motifs is 6. The summed E-state index contributed by atoms with van der Waals surface area (Å²) in [7, 11) is 0. The van der Waals surface area contributed by atoms with Crippen molar-refractivity contribution in [3.05, 3.63) is 169 Å². The molecule has 0 radical (unpaired) electrons. The summed E-state index contributed by atoms with van der Waals surface area (Å²) >= 11 is 0. The van der Waals surface area contributed by atoms with E-state index < -0.39 is 0 Å². The Morgan fingerprint density at radius 3 is 2.05 bits per heavy atom. The smallest absolute Gasteiger partial charge is 0.0541 e. The summed E-state index contributed by atoms with van der Waals surface area (Å²) in [6.07, 6.45) is 11.3. The highest BCUT2D eigenvalue weighted by molar-refractivity contribution is 6.10. The number of nitrogens with one attached hydrogen (secondary N) is 1. The Morgan fingerprint density at radius 1 is 0.500 bits per heavy atom. The number of pyridine rings is 1. The molecule has 1 saturated heterocycles. The molecule has 1 saturated carbocycles. The maximum Gasteiger partial charge on any atom is 0.0541 e. The molecule has 0 amide bonds. The maximum absolute atomic E-state index is 4.34. The molecule has 0 spiro atoms. The molecule has 274 valence electrons. The standard InChI is InChI=1S/C52H46N4/c1-2-8-35(9-3-1)36-14-18-43(19-15-36)55-49-12-6-4-10-45(49)47-33-39(16-20-51(47)55)40-17-21-52-48(34-40)46-11-5-7-13-50(46)56(52)44-31-41(37-22-26-53-27-23-37)30-42(32-44)38-24-28-54-29-25-38/h1-4,6,8-10,12,14-23,26-27,30-34,38,46,50,54H,5,7,11,13,24-25,28-29H2. The van der Waals surface area contributed by atoms with Gasteiger partial charge in [0.05, 0.1) is 11.0 Å². The van der Waals surface area contributed by atoms with Gasteiger partial charge in [-0.05, 0) is 156 Å². The van der Waals surface area contributed by atoms with Crippen molar-refractivity contribution in [2.24, 2.45) is 0 Å². The quantitative estimate of drug-likeness (QED) is 0.185. The van der Waals surface area contributed by atoms with Crippen LogP contribution in [-0.4, -0.2) is 28.7 Å². The number of hydrogen-bond acceptors (Lipinski definition) is 3. The molecule has 2 fully saturated rings. The second-order valence-corrected chi connectivity index (χ2v) is 16.2. The molecule has 1 aliphatic carbocycles. The van der Waals surface area contributed by atoms with Crippen LogP contribution in [0.5, 0.6) is 0 Å². The third kappa shape index (κ3) is 5.74. The highest BCUT2D eigenvalue weighted by Gasteiger charge is 2.41. The zero-order chi connectivity index (χ0) is 37.0. The number of para-hydroxylation sites is 1. The molecule has 2 aliphatic heterocycles.